The minimum Gasteiger partial charge on any atom is -0.486 e. The number of fused-ring (bicyclic) bond motifs is 1. The molecule has 7 heteroatoms. The molecule has 1 aliphatic rings. The van der Waals surface area contributed by atoms with E-state index in [4.69, 9.17) is 9.47 Å². The van der Waals surface area contributed by atoms with Gasteiger partial charge in [0.25, 0.3) is 0 Å². The summed E-state index contributed by atoms with van der Waals surface area (Å²) in [6.45, 7) is 4.93. The van der Waals surface area contributed by atoms with Crippen LogP contribution in [0, 0.1) is 0 Å². The molecule has 0 saturated heterocycles. The highest BCUT2D eigenvalue weighted by Crippen LogP contribution is 2.31. The van der Waals surface area contributed by atoms with Gasteiger partial charge in [-0.25, -0.2) is 4.98 Å². The summed E-state index contributed by atoms with van der Waals surface area (Å²) in [6, 6.07) is 4.96. The second kappa shape index (κ2) is 8.31. The van der Waals surface area contributed by atoms with E-state index in [-0.39, 0.29) is 30.6 Å². The Morgan fingerprint density at radius 1 is 1.23 bits per heavy atom. The molecule has 1 aromatic carbocycles. The van der Waals surface area contributed by atoms with Gasteiger partial charge in [0.1, 0.15) is 13.2 Å². The number of thiazole rings is 1. The fourth-order valence-corrected chi connectivity index (χ4v) is 3.50. The summed E-state index contributed by atoms with van der Waals surface area (Å²) in [7, 11) is 0. The minimum absolute atomic E-state index is 0.0910. The van der Waals surface area contributed by atoms with Gasteiger partial charge in [-0.15, -0.1) is 11.3 Å². The van der Waals surface area contributed by atoms with Crippen LogP contribution in [0.25, 0.3) is 0 Å². The van der Waals surface area contributed by atoms with Crippen molar-refractivity contribution in [3.8, 4) is 11.5 Å². The first kappa shape index (κ1) is 18.4. The van der Waals surface area contributed by atoms with Crippen LogP contribution in [0.4, 0.5) is 0 Å². The molecule has 1 aromatic heterocycles. The maximum absolute atomic E-state index is 12.3. The van der Waals surface area contributed by atoms with Crippen LogP contribution in [0.15, 0.2) is 23.6 Å². The summed E-state index contributed by atoms with van der Waals surface area (Å²) in [5.41, 5.74) is 1.39. The zero-order valence-electron chi connectivity index (χ0n) is 14.9. The number of hydrogen-bond acceptors (Lipinski definition) is 6. The normalized spacial score (nSPS) is 13.9. The van der Waals surface area contributed by atoms with Crippen molar-refractivity contribution in [1.29, 1.82) is 0 Å². The van der Waals surface area contributed by atoms with Crippen LogP contribution >= 0.6 is 11.3 Å². The summed E-state index contributed by atoms with van der Waals surface area (Å²) < 4.78 is 10.9. The standard InChI is InChI=1S/C19H22N2O4S/c1-3-19-21-14(11-26-19)12(2)20-18(23)7-5-15(22)13-4-6-16-17(10-13)25-9-8-24-16/h4,6,10-12H,3,5,7-9H2,1-2H3,(H,20,23). The molecular formula is C19H22N2O4S. The van der Waals surface area contributed by atoms with E-state index < -0.39 is 0 Å². The average Bonchev–Trinajstić information content (AvgIpc) is 3.15. The largest absolute Gasteiger partial charge is 0.486 e. The van der Waals surface area contributed by atoms with Crippen molar-refractivity contribution in [2.24, 2.45) is 0 Å². The van der Waals surface area contributed by atoms with Gasteiger partial charge in [-0.05, 0) is 31.5 Å². The van der Waals surface area contributed by atoms with Crippen LogP contribution < -0.4 is 14.8 Å². The number of nitrogens with zero attached hydrogens (tertiary/aromatic N) is 1. The van der Waals surface area contributed by atoms with E-state index in [1.54, 1.807) is 29.5 Å². The lowest BCUT2D eigenvalue weighted by Crippen LogP contribution is -2.27. The van der Waals surface area contributed by atoms with Crippen molar-refractivity contribution in [3.63, 3.8) is 0 Å². The first-order valence-electron chi connectivity index (χ1n) is 8.73. The van der Waals surface area contributed by atoms with Crippen molar-refractivity contribution in [2.75, 3.05) is 13.2 Å². The van der Waals surface area contributed by atoms with E-state index in [0.29, 0.717) is 30.3 Å². The van der Waals surface area contributed by atoms with Crippen LogP contribution in [0.2, 0.25) is 0 Å². The van der Waals surface area contributed by atoms with Crippen LogP contribution in [-0.4, -0.2) is 29.9 Å². The molecule has 0 fully saturated rings. The topological polar surface area (TPSA) is 77.5 Å². The van der Waals surface area contributed by atoms with E-state index in [9.17, 15) is 9.59 Å². The van der Waals surface area contributed by atoms with Crippen molar-refractivity contribution in [2.45, 2.75) is 39.2 Å². The summed E-state index contributed by atoms with van der Waals surface area (Å²) in [5, 5.41) is 5.91. The van der Waals surface area contributed by atoms with Gasteiger partial charge in [0, 0.05) is 23.8 Å². The molecule has 26 heavy (non-hydrogen) atoms. The van der Waals surface area contributed by atoms with Crippen LogP contribution in [0.1, 0.15) is 53.8 Å². The van der Waals surface area contributed by atoms with Crippen LogP contribution in [-0.2, 0) is 11.2 Å². The Hall–Kier alpha value is -2.41. The summed E-state index contributed by atoms with van der Waals surface area (Å²) in [4.78, 5) is 29.0. The molecule has 0 aliphatic carbocycles. The van der Waals surface area contributed by atoms with Gasteiger partial charge < -0.3 is 14.8 Å². The molecule has 1 unspecified atom stereocenters. The number of ether oxygens (including phenoxy) is 2. The third-order valence-corrected chi connectivity index (χ3v) is 5.15. The molecule has 0 radical (unpaired) electrons. The Balaban J connectivity index is 1.51. The monoisotopic (exact) mass is 374 g/mol. The van der Waals surface area contributed by atoms with Crippen molar-refractivity contribution < 1.29 is 19.1 Å². The number of amides is 1. The Bertz CT molecular complexity index is 803. The number of ketones is 1. The van der Waals surface area contributed by atoms with Gasteiger partial charge in [-0.1, -0.05) is 6.92 Å². The van der Waals surface area contributed by atoms with E-state index in [1.807, 2.05) is 12.3 Å². The minimum atomic E-state index is -0.163. The van der Waals surface area contributed by atoms with Gasteiger partial charge >= 0.3 is 0 Å². The molecule has 1 atom stereocenters. The fourth-order valence-electron chi connectivity index (χ4n) is 2.66. The lowest BCUT2D eigenvalue weighted by atomic mass is 10.1. The van der Waals surface area contributed by atoms with Crippen molar-refractivity contribution >= 4 is 23.0 Å². The van der Waals surface area contributed by atoms with E-state index in [1.165, 1.54) is 0 Å². The average molecular weight is 374 g/mol. The molecule has 138 valence electrons. The van der Waals surface area contributed by atoms with Gasteiger partial charge in [-0.2, -0.15) is 0 Å². The number of aromatic nitrogens is 1. The number of nitrogens with one attached hydrogen (secondary N) is 1. The summed E-state index contributed by atoms with van der Waals surface area (Å²) in [6.07, 6.45) is 1.17. The van der Waals surface area contributed by atoms with Crippen LogP contribution in [0.3, 0.4) is 0 Å². The Labute approximate surface area is 156 Å². The molecule has 1 amide bonds. The number of rotatable bonds is 7. The molecule has 0 bridgehead atoms. The molecule has 0 saturated carbocycles. The van der Waals surface area contributed by atoms with Gasteiger partial charge in [0.15, 0.2) is 17.3 Å². The predicted molar refractivity (Wildman–Crippen MR) is 99.0 cm³/mol. The number of Topliss-reactive ketones (excluding diaryl/α,β-unsaturated/α-hetero) is 1. The highest BCUT2D eigenvalue weighted by atomic mass is 32.1. The first-order chi connectivity index (χ1) is 12.6. The maximum Gasteiger partial charge on any atom is 0.220 e. The Morgan fingerprint density at radius 2 is 2.00 bits per heavy atom. The molecule has 3 rings (SSSR count). The Morgan fingerprint density at radius 3 is 2.73 bits per heavy atom. The molecule has 2 heterocycles. The van der Waals surface area contributed by atoms with E-state index >= 15 is 0 Å². The van der Waals surface area contributed by atoms with Crippen LogP contribution in [0.5, 0.6) is 11.5 Å². The lowest BCUT2D eigenvalue weighted by Gasteiger charge is -2.18. The van der Waals surface area contributed by atoms with Gasteiger partial charge in [0.05, 0.1) is 16.7 Å². The third kappa shape index (κ3) is 4.40. The molecule has 6 nitrogen and oxygen atoms in total. The predicted octanol–water partition coefficient (Wildman–Crippen LogP) is 3.32. The quantitative estimate of drug-likeness (QED) is 0.752. The number of carbonyl (C=O) groups is 2. The van der Waals surface area contributed by atoms with Gasteiger partial charge in [0.2, 0.25) is 5.91 Å². The molecule has 1 N–H and O–H groups in total. The summed E-state index contributed by atoms with van der Waals surface area (Å²) in [5.74, 6) is 0.977. The van der Waals surface area contributed by atoms with E-state index in [0.717, 1.165) is 17.1 Å². The smallest absolute Gasteiger partial charge is 0.220 e. The summed E-state index contributed by atoms with van der Waals surface area (Å²) >= 11 is 1.59. The zero-order valence-corrected chi connectivity index (χ0v) is 15.7. The number of benzene rings is 1. The lowest BCUT2D eigenvalue weighted by molar-refractivity contribution is -0.121. The molecular weight excluding hydrogens is 352 g/mol. The maximum atomic E-state index is 12.3. The number of hydrogen-bond donors (Lipinski definition) is 1. The SMILES string of the molecule is CCc1nc(C(C)NC(=O)CCC(=O)c2ccc3c(c2)OCCO3)cs1. The number of carbonyl (C=O) groups excluding carboxylic acids is 2. The van der Waals surface area contributed by atoms with E-state index in [2.05, 4.69) is 17.2 Å². The highest BCUT2D eigenvalue weighted by molar-refractivity contribution is 7.09. The zero-order chi connectivity index (χ0) is 18.5. The van der Waals surface area contributed by atoms with Crippen molar-refractivity contribution in [1.82, 2.24) is 10.3 Å². The van der Waals surface area contributed by atoms with Gasteiger partial charge in [-0.3, -0.25) is 9.59 Å². The fraction of sp³-hybridized carbons (Fsp3) is 0.421. The molecule has 2 aromatic rings. The third-order valence-electron chi connectivity index (χ3n) is 4.14. The Kier molecular flexibility index (Phi) is 5.88. The number of aryl methyl sites for hydroxylation is 1. The first-order valence-corrected chi connectivity index (χ1v) is 9.61. The molecule has 1 aliphatic heterocycles. The second-order valence-electron chi connectivity index (χ2n) is 6.09. The second-order valence-corrected chi connectivity index (χ2v) is 7.03. The highest BCUT2D eigenvalue weighted by Gasteiger charge is 2.17. The molecule has 0 spiro atoms. The van der Waals surface area contributed by atoms with Crippen molar-refractivity contribution in [3.05, 3.63) is 39.8 Å².